The highest BCUT2D eigenvalue weighted by Gasteiger charge is 2.36. The normalized spacial score (nSPS) is 14.9. The van der Waals surface area contributed by atoms with Crippen LogP contribution in [0.2, 0.25) is 0 Å². The molecule has 2 aromatic carbocycles. The van der Waals surface area contributed by atoms with E-state index in [1.54, 1.807) is 6.07 Å². The van der Waals surface area contributed by atoms with Crippen molar-refractivity contribution in [3.05, 3.63) is 64.7 Å². The lowest BCUT2D eigenvalue weighted by molar-refractivity contribution is -0.139. The molecule has 7 nitrogen and oxygen atoms in total. The molecule has 2 aromatic rings. The van der Waals surface area contributed by atoms with Gasteiger partial charge in [0.1, 0.15) is 0 Å². The zero-order valence-electron chi connectivity index (χ0n) is 21.0. The van der Waals surface area contributed by atoms with E-state index in [0.29, 0.717) is 13.1 Å². The number of rotatable bonds is 8. The lowest BCUT2D eigenvalue weighted by Crippen LogP contribution is -2.45. The molecule has 196 valence electrons. The molecule has 0 bridgehead atoms. The Balaban J connectivity index is 1.81. The van der Waals surface area contributed by atoms with Crippen LogP contribution < -0.4 is 5.32 Å². The molecule has 1 aliphatic rings. The van der Waals surface area contributed by atoms with Gasteiger partial charge in [-0.3, -0.25) is 4.79 Å². The topological polar surface area (TPSA) is 76.1 Å². The summed E-state index contributed by atoms with van der Waals surface area (Å²) in [4.78, 5) is 29.5. The number of anilines is 1. The molecule has 0 spiro atoms. The van der Waals surface area contributed by atoms with E-state index >= 15 is 0 Å². The minimum absolute atomic E-state index is 0.0455. The van der Waals surface area contributed by atoms with Crippen LogP contribution in [0.25, 0.3) is 0 Å². The van der Waals surface area contributed by atoms with E-state index in [1.165, 1.54) is 28.0 Å². The number of nitrogens with zero attached hydrogens (tertiary/aromatic N) is 3. The number of alkyl halides is 3. The third-order valence-corrected chi connectivity index (χ3v) is 6.33. The Kier molecular flexibility index (Phi) is 8.18. The van der Waals surface area contributed by atoms with Gasteiger partial charge in [0.2, 0.25) is 5.91 Å². The molecule has 0 aliphatic carbocycles. The Hall–Kier alpha value is -3.27. The molecule has 0 aromatic heterocycles. The van der Waals surface area contributed by atoms with Crippen LogP contribution in [0.1, 0.15) is 36.1 Å². The van der Waals surface area contributed by atoms with E-state index in [9.17, 15) is 27.9 Å². The molecule has 1 heterocycles. The summed E-state index contributed by atoms with van der Waals surface area (Å²) in [6, 6.07) is 10.8. The summed E-state index contributed by atoms with van der Waals surface area (Å²) in [5.41, 5.74) is 1.33. The van der Waals surface area contributed by atoms with Crippen LogP contribution in [0.4, 0.5) is 23.7 Å². The second-order valence-corrected chi connectivity index (χ2v) is 9.99. The maximum Gasteiger partial charge on any atom is 0.416 e. The van der Waals surface area contributed by atoms with Crippen molar-refractivity contribution in [2.75, 3.05) is 45.6 Å². The maximum atomic E-state index is 13.5. The molecular weight excluding hydrogens is 473 g/mol. The molecule has 0 radical (unpaired) electrons. The summed E-state index contributed by atoms with van der Waals surface area (Å²) in [7, 11) is 3.67. The predicted molar refractivity (Wildman–Crippen MR) is 132 cm³/mol. The van der Waals surface area contributed by atoms with Gasteiger partial charge in [-0.1, -0.05) is 44.2 Å². The zero-order valence-corrected chi connectivity index (χ0v) is 21.0. The van der Waals surface area contributed by atoms with Gasteiger partial charge in [-0.2, -0.15) is 13.2 Å². The summed E-state index contributed by atoms with van der Waals surface area (Å²) < 4.78 is 40.6. The van der Waals surface area contributed by atoms with Crippen molar-refractivity contribution in [1.29, 1.82) is 0 Å². The average Bonchev–Trinajstić information content (AvgIpc) is 2.78. The van der Waals surface area contributed by atoms with Gasteiger partial charge in [-0.25, -0.2) is 4.79 Å². The third kappa shape index (κ3) is 6.48. The fourth-order valence-electron chi connectivity index (χ4n) is 4.67. The largest absolute Gasteiger partial charge is 0.465 e. The van der Waals surface area contributed by atoms with Crippen molar-refractivity contribution < 1.29 is 27.9 Å². The van der Waals surface area contributed by atoms with Crippen molar-refractivity contribution in [2.24, 2.45) is 0 Å². The number of halogens is 3. The van der Waals surface area contributed by atoms with Crippen LogP contribution in [0.3, 0.4) is 0 Å². The Morgan fingerprint density at radius 2 is 1.78 bits per heavy atom. The van der Waals surface area contributed by atoms with E-state index in [4.69, 9.17) is 0 Å². The number of hydrogen-bond donors (Lipinski definition) is 2. The van der Waals surface area contributed by atoms with Gasteiger partial charge in [-0.15, -0.1) is 0 Å². The second kappa shape index (κ2) is 10.8. The molecule has 10 heteroatoms. The number of likely N-dealkylation sites (N-methyl/N-ethyl adjacent to an activating group) is 1. The molecule has 0 fully saturated rings. The molecule has 0 atom stereocenters. The maximum absolute atomic E-state index is 13.5. The van der Waals surface area contributed by atoms with Crippen molar-refractivity contribution in [2.45, 2.75) is 38.5 Å². The SMILES string of the molecule is CN(C)CCN(Cc1ccccc1C(F)(F)F)C(=O)CNc1cccc2c1C(C)(C)CN(C(=O)O)C2. The van der Waals surface area contributed by atoms with E-state index in [1.807, 2.05) is 45.0 Å². The van der Waals surface area contributed by atoms with Gasteiger partial charge in [0.05, 0.1) is 12.1 Å². The summed E-state index contributed by atoms with van der Waals surface area (Å²) in [6.07, 6.45) is -5.50. The highest BCUT2D eigenvalue weighted by molar-refractivity contribution is 5.81. The second-order valence-electron chi connectivity index (χ2n) is 9.99. The number of carbonyl (C=O) groups excluding carboxylic acids is 1. The number of carbonyl (C=O) groups is 2. The Labute approximate surface area is 209 Å². The lowest BCUT2D eigenvalue weighted by atomic mass is 9.77. The first kappa shape index (κ1) is 27.3. The fourth-order valence-corrected chi connectivity index (χ4v) is 4.67. The smallest absolute Gasteiger partial charge is 0.416 e. The molecule has 1 aliphatic heterocycles. The van der Waals surface area contributed by atoms with Crippen LogP contribution >= 0.6 is 0 Å². The number of carboxylic acid groups (broad SMARTS) is 1. The van der Waals surface area contributed by atoms with E-state index in [-0.39, 0.29) is 37.6 Å². The van der Waals surface area contributed by atoms with Gasteiger partial charge in [0.15, 0.2) is 0 Å². The average molecular weight is 507 g/mol. The minimum Gasteiger partial charge on any atom is -0.465 e. The van der Waals surface area contributed by atoms with Gasteiger partial charge in [0, 0.05) is 43.8 Å². The van der Waals surface area contributed by atoms with Crippen LogP contribution in [0.15, 0.2) is 42.5 Å². The van der Waals surface area contributed by atoms with Crippen molar-refractivity contribution in [3.63, 3.8) is 0 Å². The van der Waals surface area contributed by atoms with Crippen molar-refractivity contribution in [1.82, 2.24) is 14.7 Å². The van der Waals surface area contributed by atoms with Gasteiger partial charge in [-0.05, 0) is 42.9 Å². The standard InChI is InChI=1S/C26H33F3N4O3/c1-25(2)17-33(24(35)36)16-19-9-7-11-21(23(19)25)30-14-22(34)32(13-12-31(3)4)15-18-8-5-6-10-20(18)26(27,28)29/h5-11,30H,12-17H2,1-4H3,(H,35,36). The highest BCUT2D eigenvalue weighted by Crippen LogP contribution is 2.38. The van der Waals surface area contributed by atoms with Crippen molar-refractivity contribution in [3.8, 4) is 0 Å². The van der Waals surface area contributed by atoms with Crippen molar-refractivity contribution >= 4 is 17.7 Å². The number of hydrogen-bond acceptors (Lipinski definition) is 4. The zero-order chi connectivity index (χ0) is 26.7. The monoisotopic (exact) mass is 506 g/mol. The van der Waals surface area contributed by atoms with Crippen LogP contribution in [-0.2, 0) is 29.5 Å². The minimum atomic E-state index is -4.51. The summed E-state index contributed by atoms with van der Waals surface area (Å²) in [5, 5.41) is 12.6. The first-order chi connectivity index (χ1) is 16.8. The number of nitrogens with one attached hydrogen (secondary N) is 1. The first-order valence-corrected chi connectivity index (χ1v) is 11.7. The van der Waals surface area contributed by atoms with Gasteiger partial charge >= 0.3 is 12.3 Å². The predicted octanol–water partition coefficient (Wildman–Crippen LogP) is 4.48. The molecule has 36 heavy (non-hydrogen) atoms. The van der Waals surface area contributed by atoms with Gasteiger partial charge in [0.25, 0.3) is 0 Å². The highest BCUT2D eigenvalue weighted by atomic mass is 19.4. The van der Waals surface area contributed by atoms with Crippen LogP contribution in [0, 0.1) is 0 Å². The molecule has 2 amide bonds. The molecule has 0 unspecified atom stereocenters. The number of fused-ring (bicyclic) bond motifs is 1. The Morgan fingerprint density at radius 3 is 2.42 bits per heavy atom. The first-order valence-electron chi connectivity index (χ1n) is 11.7. The van der Waals surface area contributed by atoms with E-state index in [2.05, 4.69) is 5.32 Å². The number of amides is 2. The van der Waals surface area contributed by atoms with Crippen LogP contribution in [0.5, 0.6) is 0 Å². The fraction of sp³-hybridized carbons (Fsp3) is 0.462. The van der Waals surface area contributed by atoms with Crippen LogP contribution in [-0.4, -0.2) is 72.1 Å². The molecule has 0 saturated heterocycles. The lowest BCUT2D eigenvalue weighted by Gasteiger charge is -2.40. The molecule has 2 N–H and O–H groups in total. The third-order valence-electron chi connectivity index (χ3n) is 6.33. The Morgan fingerprint density at radius 1 is 1.08 bits per heavy atom. The quantitative estimate of drug-likeness (QED) is 0.552. The summed E-state index contributed by atoms with van der Waals surface area (Å²) >= 11 is 0. The molecule has 0 saturated carbocycles. The summed E-state index contributed by atoms with van der Waals surface area (Å²) in [5.74, 6) is -0.327. The molecule has 3 rings (SSSR count). The van der Waals surface area contributed by atoms with E-state index < -0.39 is 23.2 Å². The van der Waals surface area contributed by atoms with E-state index in [0.717, 1.165) is 22.9 Å². The van der Waals surface area contributed by atoms with Gasteiger partial charge < -0.3 is 25.1 Å². The number of benzene rings is 2. The summed E-state index contributed by atoms with van der Waals surface area (Å²) in [6.45, 7) is 4.97. The molecular formula is C26H33F3N4O3. The Bertz CT molecular complexity index is 1100.